The molecule has 0 aliphatic rings. The van der Waals surface area contributed by atoms with Crippen LogP contribution in [0.2, 0.25) is 0 Å². The van der Waals surface area contributed by atoms with Crippen molar-refractivity contribution in [3.63, 3.8) is 0 Å². The molecule has 4 heteroatoms. The van der Waals surface area contributed by atoms with Crippen molar-refractivity contribution in [2.75, 3.05) is 0 Å². The number of alkyl halides is 2. The molecule has 0 spiro atoms. The predicted octanol–water partition coefficient (Wildman–Crippen LogP) is 2.66. The monoisotopic (exact) mass is 215 g/mol. The van der Waals surface area contributed by atoms with Gasteiger partial charge in [-0.3, -0.25) is 0 Å². The summed E-state index contributed by atoms with van der Waals surface area (Å²) in [6.07, 6.45) is -2.77. The van der Waals surface area contributed by atoms with Gasteiger partial charge in [-0.2, -0.15) is 0 Å². The summed E-state index contributed by atoms with van der Waals surface area (Å²) in [5.74, 6) is 0.197. The number of phenols is 1. The zero-order valence-electron chi connectivity index (χ0n) is 8.80. The molecule has 0 saturated heterocycles. The molecule has 0 unspecified atom stereocenters. The Morgan fingerprint density at radius 1 is 1.27 bits per heavy atom. The molecule has 3 N–H and O–H groups in total. The van der Waals surface area contributed by atoms with Gasteiger partial charge in [0.15, 0.2) is 0 Å². The lowest BCUT2D eigenvalue weighted by molar-refractivity contribution is 0.128. The number of rotatable bonds is 3. The van der Waals surface area contributed by atoms with Crippen LogP contribution in [0, 0.1) is 13.8 Å². The molecule has 1 aromatic rings. The molecule has 15 heavy (non-hydrogen) atoms. The van der Waals surface area contributed by atoms with E-state index in [0.29, 0.717) is 16.7 Å². The molecule has 2 nitrogen and oxygen atoms in total. The molecular formula is C11H15F2NO. The molecule has 0 saturated carbocycles. The van der Waals surface area contributed by atoms with Gasteiger partial charge in [0.25, 0.3) is 0 Å². The number of hydrogen-bond acceptors (Lipinski definition) is 2. The van der Waals surface area contributed by atoms with Crippen LogP contribution in [0.25, 0.3) is 0 Å². The van der Waals surface area contributed by atoms with Crippen molar-refractivity contribution in [3.05, 3.63) is 28.8 Å². The molecule has 0 aliphatic carbocycles. The van der Waals surface area contributed by atoms with Crippen molar-refractivity contribution in [2.45, 2.75) is 32.7 Å². The van der Waals surface area contributed by atoms with E-state index in [9.17, 15) is 13.9 Å². The van der Waals surface area contributed by atoms with Gasteiger partial charge in [-0.25, -0.2) is 8.78 Å². The van der Waals surface area contributed by atoms with Gasteiger partial charge >= 0.3 is 0 Å². The van der Waals surface area contributed by atoms with E-state index in [1.165, 1.54) is 0 Å². The Morgan fingerprint density at radius 3 is 2.13 bits per heavy atom. The van der Waals surface area contributed by atoms with Gasteiger partial charge in [0.05, 0.1) is 0 Å². The molecule has 0 heterocycles. The number of nitrogens with two attached hydrogens (primary N) is 1. The molecule has 0 aliphatic heterocycles. The Bertz CT molecular complexity index is 329. The van der Waals surface area contributed by atoms with E-state index < -0.39 is 12.5 Å². The first-order valence-corrected chi connectivity index (χ1v) is 4.75. The third kappa shape index (κ3) is 2.89. The summed E-state index contributed by atoms with van der Waals surface area (Å²) in [6.45, 7) is 3.45. The van der Waals surface area contributed by atoms with Gasteiger partial charge in [-0.15, -0.1) is 0 Å². The first-order chi connectivity index (χ1) is 6.91. The molecule has 1 aromatic carbocycles. The first kappa shape index (κ1) is 11.9. The summed E-state index contributed by atoms with van der Waals surface area (Å²) in [4.78, 5) is 0. The predicted molar refractivity (Wildman–Crippen MR) is 55.1 cm³/mol. The van der Waals surface area contributed by atoms with Gasteiger partial charge in [-0.05, 0) is 30.5 Å². The fraction of sp³-hybridized carbons (Fsp3) is 0.455. The van der Waals surface area contributed by atoms with Crippen LogP contribution in [0.15, 0.2) is 12.1 Å². The largest absolute Gasteiger partial charge is 0.507 e. The maximum absolute atomic E-state index is 12.1. The lowest BCUT2D eigenvalue weighted by atomic mass is 9.99. The Morgan fingerprint density at radius 2 is 1.73 bits per heavy atom. The maximum Gasteiger partial charge on any atom is 0.240 e. The minimum absolute atomic E-state index is 0.197. The Kier molecular flexibility index (Phi) is 3.63. The van der Waals surface area contributed by atoms with Crippen molar-refractivity contribution in [1.82, 2.24) is 0 Å². The summed E-state index contributed by atoms with van der Waals surface area (Å²) in [7, 11) is 0. The summed E-state index contributed by atoms with van der Waals surface area (Å²) < 4.78 is 24.2. The van der Waals surface area contributed by atoms with Crippen molar-refractivity contribution < 1.29 is 13.9 Å². The minimum atomic E-state index is -2.41. The van der Waals surface area contributed by atoms with Crippen LogP contribution in [0.3, 0.4) is 0 Å². The molecule has 1 rings (SSSR count). The molecule has 84 valence electrons. The second-order valence-electron chi connectivity index (χ2n) is 3.74. The van der Waals surface area contributed by atoms with E-state index in [2.05, 4.69) is 0 Å². The third-order valence-electron chi connectivity index (χ3n) is 2.37. The van der Waals surface area contributed by atoms with Crippen molar-refractivity contribution in [3.8, 4) is 5.75 Å². The molecule has 0 amide bonds. The highest BCUT2D eigenvalue weighted by Crippen LogP contribution is 2.27. The summed E-state index contributed by atoms with van der Waals surface area (Å²) in [6, 6.07) is 2.62. The van der Waals surface area contributed by atoms with Crippen LogP contribution in [-0.4, -0.2) is 11.5 Å². The Balaban J connectivity index is 2.95. The first-order valence-electron chi connectivity index (χ1n) is 4.75. The standard InChI is InChI=1S/C11H15F2NO/c1-6-3-8(4-7(2)11(6)15)9(14)5-10(12)13/h3-4,9-10,15H,5,14H2,1-2H3/t9-/m1/s1. The Labute approximate surface area is 87.7 Å². The lowest BCUT2D eigenvalue weighted by Gasteiger charge is -2.14. The van der Waals surface area contributed by atoms with E-state index in [1.54, 1.807) is 26.0 Å². The van der Waals surface area contributed by atoms with Crippen LogP contribution in [0.5, 0.6) is 5.75 Å². The second kappa shape index (κ2) is 4.57. The number of hydrogen-bond donors (Lipinski definition) is 2. The van der Waals surface area contributed by atoms with E-state index in [4.69, 9.17) is 5.73 Å². The fourth-order valence-electron chi connectivity index (χ4n) is 1.53. The number of aromatic hydroxyl groups is 1. The van der Waals surface area contributed by atoms with Crippen LogP contribution in [-0.2, 0) is 0 Å². The SMILES string of the molecule is Cc1cc([C@H](N)CC(F)F)cc(C)c1O. The molecular weight excluding hydrogens is 200 g/mol. The number of benzene rings is 1. The zero-order valence-corrected chi connectivity index (χ0v) is 8.80. The smallest absolute Gasteiger partial charge is 0.240 e. The van der Waals surface area contributed by atoms with Crippen molar-refractivity contribution in [1.29, 1.82) is 0 Å². The minimum Gasteiger partial charge on any atom is -0.507 e. The molecule has 1 atom stereocenters. The fourth-order valence-corrected chi connectivity index (χ4v) is 1.53. The van der Waals surface area contributed by atoms with Gasteiger partial charge in [0.1, 0.15) is 5.75 Å². The number of aryl methyl sites for hydroxylation is 2. The second-order valence-corrected chi connectivity index (χ2v) is 3.74. The maximum atomic E-state index is 12.1. The molecule has 0 bridgehead atoms. The molecule has 0 fully saturated rings. The average molecular weight is 215 g/mol. The summed E-state index contributed by atoms with van der Waals surface area (Å²) >= 11 is 0. The van der Waals surface area contributed by atoms with Crippen LogP contribution in [0.1, 0.15) is 29.2 Å². The van der Waals surface area contributed by atoms with E-state index in [0.717, 1.165) is 0 Å². The van der Waals surface area contributed by atoms with Gasteiger partial charge in [0.2, 0.25) is 6.43 Å². The van der Waals surface area contributed by atoms with Gasteiger partial charge in [-0.1, -0.05) is 12.1 Å². The zero-order chi connectivity index (χ0) is 11.6. The van der Waals surface area contributed by atoms with Crippen molar-refractivity contribution in [2.24, 2.45) is 5.73 Å². The van der Waals surface area contributed by atoms with Gasteiger partial charge < -0.3 is 10.8 Å². The normalized spacial score (nSPS) is 13.2. The molecule has 0 aromatic heterocycles. The Hall–Kier alpha value is -1.16. The highest BCUT2D eigenvalue weighted by molar-refractivity contribution is 5.43. The lowest BCUT2D eigenvalue weighted by Crippen LogP contribution is -2.14. The highest BCUT2D eigenvalue weighted by Gasteiger charge is 2.14. The van der Waals surface area contributed by atoms with E-state index >= 15 is 0 Å². The number of phenolic OH excluding ortho intramolecular Hbond substituents is 1. The van der Waals surface area contributed by atoms with Crippen LogP contribution < -0.4 is 5.73 Å². The van der Waals surface area contributed by atoms with Crippen LogP contribution >= 0.6 is 0 Å². The van der Waals surface area contributed by atoms with Crippen molar-refractivity contribution >= 4 is 0 Å². The highest BCUT2D eigenvalue weighted by atomic mass is 19.3. The van der Waals surface area contributed by atoms with Gasteiger partial charge in [0, 0.05) is 12.5 Å². The van der Waals surface area contributed by atoms with Crippen LogP contribution in [0.4, 0.5) is 8.78 Å². The number of halogens is 2. The summed E-state index contributed by atoms with van der Waals surface area (Å²) in [5, 5.41) is 9.51. The summed E-state index contributed by atoms with van der Waals surface area (Å²) in [5.41, 5.74) is 7.59. The topological polar surface area (TPSA) is 46.2 Å². The third-order valence-corrected chi connectivity index (χ3v) is 2.37. The molecule has 0 radical (unpaired) electrons. The average Bonchev–Trinajstić information content (AvgIpc) is 2.12. The van der Waals surface area contributed by atoms with E-state index in [1.807, 2.05) is 0 Å². The van der Waals surface area contributed by atoms with E-state index in [-0.39, 0.29) is 12.2 Å². The quantitative estimate of drug-likeness (QED) is 0.814.